The fraction of sp³-hybridized carbons (Fsp3) is 0.909. The van der Waals surface area contributed by atoms with E-state index in [1.54, 1.807) is 0 Å². The Bertz CT molecular complexity index is 820. The van der Waals surface area contributed by atoms with Crippen LogP contribution in [0.15, 0.2) is 0 Å². The highest BCUT2D eigenvalue weighted by molar-refractivity contribution is 5.38. The number of hydrogen-bond acceptors (Lipinski definition) is 6. The SMILES string of the molecule is CCCCN(CCCC)CCCNc1nc(CC2CCCCCCC2)nc(NC23CC4CC(CC(C4)C2)C3)n1. The van der Waals surface area contributed by atoms with Crippen molar-refractivity contribution in [2.45, 2.75) is 141 Å². The molecule has 2 N–H and O–H groups in total. The predicted molar refractivity (Wildman–Crippen MR) is 163 cm³/mol. The number of aromatic nitrogens is 3. The van der Waals surface area contributed by atoms with Crippen molar-refractivity contribution in [2.24, 2.45) is 23.7 Å². The largest absolute Gasteiger partial charge is 0.354 e. The normalized spacial score (nSPS) is 28.9. The van der Waals surface area contributed by atoms with E-state index in [-0.39, 0.29) is 5.54 Å². The lowest BCUT2D eigenvalue weighted by molar-refractivity contribution is 0.0103. The molecule has 5 saturated carbocycles. The van der Waals surface area contributed by atoms with Crippen LogP contribution >= 0.6 is 0 Å². The van der Waals surface area contributed by atoms with E-state index in [0.717, 1.165) is 67.3 Å². The number of rotatable bonds is 15. The highest BCUT2D eigenvalue weighted by Gasteiger charge is 2.51. The van der Waals surface area contributed by atoms with Gasteiger partial charge in [-0.05, 0) is 101 Å². The molecule has 0 atom stereocenters. The number of nitrogens with one attached hydrogen (secondary N) is 2. The van der Waals surface area contributed by atoms with Crippen LogP contribution in [0.25, 0.3) is 0 Å². The van der Waals surface area contributed by atoms with E-state index in [1.165, 1.54) is 122 Å². The summed E-state index contributed by atoms with van der Waals surface area (Å²) < 4.78 is 0. The van der Waals surface area contributed by atoms with Gasteiger partial charge in [-0.1, -0.05) is 71.6 Å². The minimum atomic E-state index is 0.226. The summed E-state index contributed by atoms with van der Waals surface area (Å²) >= 11 is 0. The molecule has 220 valence electrons. The molecule has 1 aromatic rings. The van der Waals surface area contributed by atoms with E-state index in [1.807, 2.05) is 0 Å². The Hall–Kier alpha value is -1.43. The molecule has 6 nitrogen and oxygen atoms in total. The summed E-state index contributed by atoms with van der Waals surface area (Å²) in [4.78, 5) is 17.8. The Morgan fingerprint density at radius 3 is 1.90 bits per heavy atom. The molecule has 0 unspecified atom stereocenters. The van der Waals surface area contributed by atoms with Crippen LogP contribution in [0.5, 0.6) is 0 Å². The summed E-state index contributed by atoms with van der Waals surface area (Å²) in [6.07, 6.45) is 25.2. The number of hydrogen-bond donors (Lipinski definition) is 2. The standard InChI is InChI=1S/C33H58N6/c1-3-5-16-39(17-6-4-2)18-12-15-34-31-35-30(22-26-13-10-8-7-9-11-14-26)36-32(37-31)38-33-23-27-19-28(24-33)21-29(20-27)25-33/h26-29H,3-25H2,1-2H3,(H2,34,35,36,37,38). The molecule has 1 heterocycles. The van der Waals surface area contributed by atoms with Crippen molar-refractivity contribution in [3.8, 4) is 0 Å². The van der Waals surface area contributed by atoms with Crippen molar-refractivity contribution in [1.29, 1.82) is 0 Å². The lowest BCUT2D eigenvalue weighted by atomic mass is 9.53. The maximum absolute atomic E-state index is 5.10. The van der Waals surface area contributed by atoms with Gasteiger partial charge in [-0.25, -0.2) is 0 Å². The van der Waals surface area contributed by atoms with Crippen LogP contribution in [-0.2, 0) is 6.42 Å². The molecule has 5 fully saturated rings. The molecule has 0 aliphatic heterocycles. The third-order valence-electron chi connectivity index (χ3n) is 10.4. The molecule has 0 aromatic carbocycles. The van der Waals surface area contributed by atoms with Crippen molar-refractivity contribution >= 4 is 11.9 Å². The fourth-order valence-electron chi connectivity index (χ4n) is 8.75. The summed E-state index contributed by atoms with van der Waals surface area (Å²) in [5.41, 5.74) is 0.226. The van der Waals surface area contributed by atoms with Crippen molar-refractivity contribution in [2.75, 3.05) is 36.8 Å². The van der Waals surface area contributed by atoms with Gasteiger partial charge in [0.15, 0.2) is 0 Å². The van der Waals surface area contributed by atoms with Crippen LogP contribution in [0.1, 0.15) is 135 Å². The smallest absolute Gasteiger partial charge is 0.228 e. The van der Waals surface area contributed by atoms with E-state index in [2.05, 4.69) is 29.4 Å². The summed E-state index contributed by atoms with van der Waals surface area (Å²) in [6, 6.07) is 0. The molecule has 6 rings (SSSR count). The summed E-state index contributed by atoms with van der Waals surface area (Å²) in [7, 11) is 0. The average Bonchev–Trinajstić information content (AvgIpc) is 2.88. The molecular formula is C33H58N6. The Morgan fingerprint density at radius 1 is 0.718 bits per heavy atom. The highest BCUT2D eigenvalue weighted by Crippen LogP contribution is 2.56. The van der Waals surface area contributed by atoms with Gasteiger partial charge in [0.05, 0.1) is 0 Å². The lowest BCUT2D eigenvalue weighted by Crippen LogP contribution is -2.55. The summed E-state index contributed by atoms with van der Waals surface area (Å²) in [6.45, 7) is 9.14. The summed E-state index contributed by atoms with van der Waals surface area (Å²) in [5.74, 6) is 6.13. The zero-order chi connectivity index (χ0) is 26.9. The average molecular weight is 539 g/mol. The Kier molecular flexibility index (Phi) is 10.8. The Morgan fingerprint density at radius 2 is 1.28 bits per heavy atom. The number of anilines is 2. The van der Waals surface area contributed by atoms with Gasteiger partial charge in [-0.15, -0.1) is 0 Å². The van der Waals surface area contributed by atoms with Crippen molar-refractivity contribution in [3.63, 3.8) is 0 Å². The van der Waals surface area contributed by atoms with Crippen molar-refractivity contribution in [1.82, 2.24) is 19.9 Å². The molecular weight excluding hydrogens is 480 g/mol. The van der Waals surface area contributed by atoms with Crippen LogP contribution in [0.3, 0.4) is 0 Å². The lowest BCUT2D eigenvalue weighted by Gasteiger charge is -2.56. The van der Waals surface area contributed by atoms with Gasteiger partial charge >= 0.3 is 0 Å². The quantitative estimate of drug-likeness (QED) is 0.222. The fourth-order valence-corrected chi connectivity index (χ4v) is 8.75. The monoisotopic (exact) mass is 538 g/mol. The molecule has 6 heteroatoms. The van der Waals surface area contributed by atoms with Gasteiger partial charge in [-0.2, -0.15) is 15.0 Å². The molecule has 1 aromatic heterocycles. The first kappa shape index (κ1) is 29.1. The maximum Gasteiger partial charge on any atom is 0.228 e. The third-order valence-corrected chi connectivity index (χ3v) is 10.4. The third kappa shape index (κ3) is 8.53. The van der Waals surface area contributed by atoms with Crippen LogP contribution in [-0.4, -0.2) is 51.6 Å². The first-order valence-electron chi connectivity index (χ1n) is 17.1. The van der Waals surface area contributed by atoms with Gasteiger partial charge in [0.25, 0.3) is 0 Å². The topological polar surface area (TPSA) is 66.0 Å². The predicted octanol–water partition coefficient (Wildman–Crippen LogP) is 7.86. The van der Waals surface area contributed by atoms with Gasteiger partial charge in [-0.3, -0.25) is 0 Å². The minimum Gasteiger partial charge on any atom is -0.354 e. The molecule has 0 saturated heterocycles. The van der Waals surface area contributed by atoms with E-state index >= 15 is 0 Å². The van der Waals surface area contributed by atoms with E-state index in [0.29, 0.717) is 0 Å². The summed E-state index contributed by atoms with van der Waals surface area (Å²) in [5, 5.41) is 7.60. The molecule has 0 radical (unpaired) electrons. The van der Waals surface area contributed by atoms with Crippen molar-refractivity contribution in [3.05, 3.63) is 5.82 Å². The van der Waals surface area contributed by atoms with Crippen LogP contribution in [0.2, 0.25) is 0 Å². The number of unbranched alkanes of at least 4 members (excludes halogenated alkanes) is 2. The van der Waals surface area contributed by atoms with Gasteiger partial charge in [0.1, 0.15) is 5.82 Å². The van der Waals surface area contributed by atoms with E-state index in [9.17, 15) is 0 Å². The zero-order valence-corrected chi connectivity index (χ0v) is 25.4. The highest BCUT2D eigenvalue weighted by atomic mass is 15.2. The van der Waals surface area contributed by atoms with Crippen LogP contribution in [0.4, 0.5) is 11.9 Å². The van der Waals surface area contributed by atoms with E-state index in [4.69, 9.17) is 15.0 Å². The second kappa shape index (κ2) is 14.5. The second-order valence-electron chi connectivity index (χ2n) is 14.0. The molecule has 0 spiro atoms. The molecule has 5 aliphatic carbocycles. The van der Waals surface area contributed by atoms with Crippen LogP contribution < -0.4 is 10.6 Å². The van der Waals surface area contributed by atoms with Crippen molar-refractivity contribution < 1.29 is 0 Å². The Labute approximate surface area is 239 Å². The molecule has 4 bridgehead atoms. The first-order valence-corrected chi connectivity index (χ1v) is 17.1. The van der Waals surface area contributed by atoms with E-state index < -0.39 is 0 Å². The number of nitrogens with zero attached hydrogens (tertiary/aromatic N) is 4. The van der Waals surface area contributed by atoms with Gasteiger partial charge in [0.2, 0.25) is 11.9 Å². The second-order valence-corrected chi connectivity index (χ2v) is 14.0. The molecule has 5 aliphatic rings. The first-order chi connectivity index (χ1) is 19.1. The van der Waals surface area contributed by atoms with Crippen LogP contribution in [0, 0.1) is 23.7 Å². The zero-order valence-electron chi connectivity index (χ0n) is 25.4. The van der Waals surface area contributed by atoms with Gasteiger partial charge < -0.3 is 15.5 Å². The maximum atomic E-state index is 5.10. The minimum absolute atomic E-state index is 0.226. The molecule has 39 heavy (non-hydrogen) atoms. The Balaban J connectivity index is 1.24. The van der Waals surface area contributed by atoms with Gasteiger partial charge in [0, 0.05) is 18.5 Å². The molecule has 0 amide bonds.